The Kier molecular flexibility index (Phi) is 8.42. The second-order valence-corrected chi connectivity index (χ2v) is 13.7. The van der Waals surface area contributed by atoms with Crippen LogP contribution in [0.1, 0.15) is 30.9 Å². The van der Waals surface area contributed by atoms with E-state index in [2.05, 4.69) is 5.32 Å². The molecule has 0 heterocycles. The Morgan fingerprint density at radius 1 is 1.06 bits per heavy atom. The number of rotatable bonds is 9. The van der Waals surface area contributed by atoms with Crippen molar-refractivity contribution in [3.63, 3.8) is 0 Å². The molecule has 0 aliphatic heterocycles. The van der Waals surface area contributed by atoms with Crippen molar-refractivity contribution in [1.82, 2.24) is 5.32 Å². The van der Waals surface area contributed by atoms with Gasteiger partial charge in [-0.3, -0.25) is 9.59 Å². The average molecular weight is 485 g/mol. The predicted octanol–water partition coefficient (Wildman–Crippen LogP) is 4.47. The first-order valence-corrected chi connectivity index (χ1v) is 13.9. The molecule has 0 fully saturated rings. The normalized spacial score (nSPS) is 13.4. The molecule has 2 rings (SSSR count). The van der Waals surface area contributed by atoms with E-state index in [4.69, 9.17) is 4.74 Å². The highest BCUT2D eigenvalue weighted by Crippen LogP contribution is 2.31. The van der Waals surface area contributed by atoms with Gasteiger partial charge in [0.1, 0.15) is 5.82 Å². The topological polar surface area (TPSA) is 67.4 Å². The number of hydrogen-bond donors (Lipinski definition) is 2. The molecule has 33 heavy (non-hydrogen) atoms. The van der Waals surface area contributed by atoms with Crippen molar-refractivity contribution in [2.75, 3.05) is 12.4 Å². The average Bonchev–Trinajstić information content (AvgIpc) is 2.70. The van der Waals surface area contributed by atoms with Crippen LogP contribution in [0, 0.1) is 17.5 Å². The van der Waals surface area contributed by atoms with Gasteiger partial charge in [-0.15, -0.1) is 0 Å². The van der Waals surface area contributed by atoms with E-state index in [-0.39, 0.29) is 24.3 Å². The van der Waals surface area contributed by atoms with Gasteiger partial charge >= 0.3 is 0 Å². The molecule has 0 unspecified atom stereocenters. The lowest BCUT2D eigenvalue weighted by Gasteiger charge is -2.27. The van der Waals surface area contributed by atoms with Gasteiger partial charge in [0.2, 0.25) is 5.91 Å². The highest BCUT2D eigenvalue weighted by Gasteiger charge is 2.45. The third-order valence-corrected chi connectivity index (χ3v) is 6.99. The van der Waals surface area contributed by atoms with E-state index in [1.54, 1.807) is 6.92 Å². The van der Waals surface area contributed by atoms with Crippen LogP contribution in [0.4, 0.5) is 23.2 Å². The van der Waals surface area contributed by atoms with E-state index in [1.807, 2.05) is 25.0 Å². The predicted molar refractivity (Wildman–Crippen MR) is 121 cm³/mol. The quantitative estimate of drug-likeness (QED) is 0.314. The molecule has 0 aliphatic rings. The molecule has 1 atom stereocenters. The van der Waals surface area contributed by atoms with Gasteiger partial charge in [0, 0.05) is 24.8 Å². The van der Waals surface area contributed by atoms with Crippen LogP contribution < -0.4 is 15.8 Å². The zero-order valence-electron chi connectivity index (χ0n) is 19.2. The van der Waals surface area contributed by atoms with Crippen molar-refractivity contribution in [3.05, 3.63) is 58.9 Å². The van der Waals surface area contributed by atoms with Gasteiger partial charge in [-0.25, -0.2) is 17.6 Å². The van der Waals surface area contributed by atoms with Gasteiger partial charge in [-0.2, -0.15) is 0 Å². The second kappa shape index (κ2) is 10.5. The van der Waals surface area contributed by atoms with Gasteiger partial charge in [0.25, 0.3) is 11.7 Å². The molecular weight excluding hydrogens is 456 g/mol. The Balaban J connectivity index is 2.49. The summed E-state index contributed by atoms with van der Waals surface area (Å²) in [5.41, 5.74) is -1.30. The maximum Gasteiger partial charge on any atom is 0.290 e. The lowest BCUT2D eigenvalue weighted by Crippen LogP contribution is -2.51. The fourth-order valence-electron chi connectivity index (χ4n) is 3.27. The summed E-state index contributed by atoms with van der Waals surface area (Å²) in [5, 5.41) is 4.53. The summed E-state index contributed by atoms with van der Waals surface area (Å²) in [6.45, 7) is 7.18. The van der Waals surface area contributed by atoms with Crippen LogP contribution >= 0.6 is 0 Å². The lowest BCUT2D eigenvalue weighted by molar-refractivity contribution is -0.138. The Morgan fingerprint density at radius 3 is 2.27 bits per heavy atom. The molecule has 5 nitrogen and oxygen atoms in total. The number of carbonyl (C=O) groups is 2. The maximum atomic E-state index is 16.0. The minimum Gasteiger partial charge on any atom is -0.380 e. The lowest BCUT2D eigenvalue weighted by atomic mass is 9.99. The third kappa shape index (κ3) is 6.00. The van der Waals surface area contributed by atoms with Crippen LogP contribution in [-0.4, -0.2) is 27.0 Å². The van der Waals surface area contributed by atoms with E-state index in [1.165, 1.54) is 19.2 Å². The number of hydrogen-bond acceptors (Lipinski definition) is 3. The molecule has 2 amide bonds. The molecule has 0 spiro atoms. The molecule has 0 aliphatic carbocycles. The highest BCUT2D eigenvalue weighted by molar-refractivity contribution is 6.88. The molecule has 0 saturated heterocycles. The number of halogens is 4. The van der Waals surface area contributed by atoms with Crippen molar-refractivity contribution in [2.45, 2.75) is 51.8 Å². The SMILES string of the molecule is CCCC(=O)N[C@](F)(C(=O)Nc1ccc([Si](C)(C)C)c(F)c1)c1ccc(COC)c(F)c1F. The van der Waals surface area contributed by atoms with Gasteiger partial charge < -0.3 is 15.4 Å². The summed E-state index contributed by atoms with van der Waals surface area (Å²) in [4.78, 5) is 25.1. The van der Waals surface area contributed by atoms with Crippen LogP contribution in [0.3, 0.4) is 0 Å². The largest absolute Gasteiger partial charge is 0.380 e. The number of methoxy groups -OCH3 is 1. The van der Waals surface area contributed by atoms with Crippen LogP contribution in [0.15, 0.2) is 30.3 Å². The van der Waals surface area contributed by atoms with E-state index >= 15 is 4.39 Å². The monoisotopic (exact) mass is 484 g/mol. The van der Waals surface area contributed by atoms with Gasteiger partial charge in [-0.05, 0) is 29.8 Å². The number of ether oxygens (including phenoxy) is 1. The summed E-state index contributed by atoms with van der Waals surface area (Å²) in [6, 6.07) is 5.84. The molecule has 2 aromatic carbocycles. The van der Waals surface area contributed by atoms with Crippen LogP contribution in [0.5, 0.6) is 0 Å². The minimum atomic E-state index is -3.45. The molecule has 0 radical (unpaired) electrons. The Morgan fingerprint density at radius 2 is 1.73 bits per heavy atom. The zero-order chi connectivity index (χ0) is 25.0. The number of amides is 2. The number of anilines is 1. The fourth-order valence-corrected chi connectivity index (χ4v) is 4.64. The van der Waals surface area contributed by atoms with E-state index in [0.717, 1.165) is 18.2 Å². The first-order valence-electron chi connectivity index (χ1n) is 10.4. The zero-order valence-corrected chi connectivity index (χ0v) is 20.2. The molecule has 2 N–H and O–H groups in total. The van der Waals surface area contributed by atoms with Crippen LogP contribution in [-0.2, 0) is 26.7 Å². The smallest absolute Gasteiger partial charge is 0.290 e. The molecule has 2 aromatic rings. The molecule has 10 heteroatoms. The number of carbonyl (C=O) groups excluding carboxylic acids is 2. The summed E-state index contributed by atoms with van der Waals surface area (Å²) in [6.07, 6.45) is 0.181. The minimum absolute atomic E-state index is 0.0943. The van der Waals surface area contributed by atoms with Crippen molar-refractivity contribution >= 4 is 30.8 Å². The summed E-state index contributed by atoms with van der Waals surface area (Å²) >= 11 is 0. The number of nitrogens with one attached hydrogen (secondary N) is 2. The number of alkyl halides is 1. The van der Waals surface area contributed by atoms with Crippen molar-refractivity contribution in [2.24, 2.45) is 0 Å². The van der Waals surface area contributed by atoms with Crippen molar-refractivity contribution in [1.29, 1.82) is 0 Å². The van der Waals surface area contributed by atoms with Crippen LogP contribution in [0.2, 0.25) is 19.6 Å². The van der Waals surface area contributed by atoms with Crippen molar-refractivity contribution in [3.8, 4) is 0 Å². The second-order valence-electron chi connectivity index (χ2n) is 8.69. The Labute approximate surface area is 191 Å². The molecular formula is C23H28F4N2O3Si. The first-order chi connectivity index (χ1) is 15.3. The van der Waals surface area contributed by atoms with Gasteiger partial charge in [0.15, 0.2) is 11.6 Å². The van der Waals surface area contributed by atoms with Crippen LogP contribution in [0.25, 0.3) is 0 Å². The van der Waals surface area contributed by atoms with E-state index in [9.17, 15) is 22.8 Å². The highest BCUT2D eigenvalue weighted by atomic mass is 28.3. The van der Waals surface area contributed by atoms with Gasteiger partial charge in [0.05, 0.1) is 20.2 Å². The molecule has 0 bridgehead atoms. The molecule has 0 aromatic heterocycles. The Hall–Kier alpha value is -2.72. The fraction of sp³-hybridized carbons (Fsp3) is 0.391. The summed E-state index contributed by atoms with van der Waals surface area (Å²) in [7, 11) is -0.734. The summed E-state index contributed by atoms with van der Waals surface area (Å²) in [5.74, 6) is -9.44. The van der Waals surface area contributed by atoms with E-state index in [0.29, 0.717) is 11.6 Å². The molecule has 0 saturated carbocycles. The third-order valence-electron chi connectivity index (χ3n) is 4.97. The standard InChI is InChI=1S/C23H28F4N2O3Si/c1-6-7-19(30)29-23(27,16-10-8-14(13-32-2)20(25)21(16)26)22(31)28-15-9-11-18(17(24)12-15)33(3,4)5/h8-12H,6-7,13H2,1-5H3,(H,28,31)(H,29,30)/t23-/m0/s1. The Bertz CT molecular complexity index is 1040. The number of benzene rings is 2. The van der Waals surface area contributed by atoms with E-state index < -0.39 is 48.7 Å². The van der Waals surface area contributed by atoms with Crippen molar-refractivity contribution < 1.29 is 31.9 Å². The first kappa shape index (κ1) is 26.5. The van der Waals surface area contributed by atoms with Gasteiger partial charge in [-0.1, -0.05) is 38.7 Å². The summed E-state index contributed by atoms with van der Waals surface area (Å²) < 4.78 is 64.6. The maximum absolute atomic E-state index is 16.0. The molecule has 180 valence electrons.